The SMILES string of the molecule is CCCCCCC[C@H]1O[C@H](CO)[C@@H](O)[C@H](O)[C@@H]1O. The third kappa shape index (κ3) is 4.17. The first-order chi connectivity index (χ1) is 8.61. The van der Waals surface area contributed by atoms with Gasteiger partial charge in [-0.3, -0.25) is 0 Å². The van der Waals surface area contributed by atoms with Crippen molar-refractivity contribution in [3.63, 3.8) is 0 Å². The van der Waals surface area contributed by atoms with Crippen LogP contribution in [-0.4, -0.2) is 57.6 Å². The number of hydrogen-bond donors (Lipinski definition) is 4. The zero-order chi connectivity index (χ0) is 13.5. The summed E-state index contributed by atoms with van der Waals surface area (Å²) < 4.78 is 5.43. The van der Waals surface area contributed by atoms with E-state index in [2.05, 4.69) is 6.92 Å². The van der Waals surface area contributed by atoms with Crippen molar-refractivity contribution in [1.82, 2.24) is 0 Å². The Morgan fingerprint density at radius 3 is 2.06 bits per heavy atom. The van der Waals surface area contributed by atoms with E-state index in [1.165, 1.54) is 12.8 Å². The highest BCUT2D eigenvalue weighted by Crippen LogP contribution is 2.24. The highest BCUT2D eigenvalue weighted by molar-refractivity contribution is 4.91. The first kappa shape index (κ1) is 15.9. The number of rotatable bonds is 7. The van der Waals surface area contributed by atoms with E-state index in [4.69, 9.17) is 9.84 Å². The van der Waals surface area contributed by atoms with Crippen LogP contribution in [0, 0.1) is 0 Å². The summed E-state index contributed by atoms with van der Waals surface area (Å²) in [6.45, 7) is 1.80. The van der Waals surface area contributed by atoms with E-state index in [0.717, 1.165) is 19.3 Å². The van der Waals surface area contributed by atoms with Crippen LogP contribution in [0.25, 0.3) is 0 Å². The molecule has 5 nitrogen and oxygen atoms in total. The van der Waals surface area contributed by atoms with Gasteiger partial charge in [0.25, 0.3) is 0 Å². The average molecular weight is 262 g/mol. The molecule has 0 unspecified atom stereocenters. The molecule has 0 amide bonds. The molecule has 1 heterocycles. The minimum atomic E-state index is -1.24. The van der Waals surface area contributed by atoms with Gasteiger partial charge in [-0.25, -0.2) is 0 Å². The van der Waals surface area contributed by atoms with Crippen LogP contribution in [0.1, 0.15) is 45.4 Å². The van der Waals surface area contributed by atoms with Gasteiger partial charge in [-0.2, -0.15) is 0 Å². The molecule has 0 aromatic heterocycles. The lowest BCUT2D eigenvalue weighted by Crippen LogP contribution is -2.58. The summed E-state index contributed by atoms with van der Waals surface area (Å²) in [5.74, 6) is 0. The number of aliphatic hydroxyl groups excluding tert-OH is 4. The van der Waals surface area contributed by atoms with Crippen LogP contribution in [-0.2, 0) is 4.74 Å². The molecule has 0 bridgehead atoms. The van der Waals surface area contributed by atoms with Crippen molar-refractivity contribution in [2.24, 2.45) is 0 Å². The Hall–Kier alpha value is -0.200. The quantitative estimate of drug-likeness (QED) is 0.492. The van der Waals surface area contributed by atoms with E-state index in [9.17, 15) is 15.3 Å². The average Bonchev–Trinajstić information content (AvgIpc) is 2.38. The van der Waals surface area contributed by atoms with Crippen molar-refractivity contribution in [1.29, 1.82) is 0 Å². The molecule has 18 heavy (non-hydrogen) atoms. The van der Waals surface area contributed by atoms with Crippen molar-refractivity contribution in [2.45, 2.75) is 76.0 Å². The number of unbranched alkanes of at least 4 members (excludes halogenated alkanes) is 4. The Bertz CT molecular complexity index is 221. The first-order valence-corrected chi connectivity index (χ1v) is 6.92. The maximum atomic E-state index is 9.81. The Labute approximate surface area is 108 Å². The molecule has 0 aliphatic carbocycles. The van der Waals surface area contributed by atoms with Gasteiger partial charge in [0.1, 0.15) is 24.4 Å². The molecule has 1 fully saturated rings. The summed E-state index contributed by atoms with van der Waals surface area (Å²) in [6, 6.07) is 0. The van der Waals surface area contributed by atoms with Crippen LogP contribution in [0.3, 0.4) is 0 Å². The second-order valence-electron chi connectivity index (χ2n) is 5.07. The van der Waals surface area contributed by atoms with Crippen LogP contribution in [0.2, 0.25) is 0 Å². The lowest BCUT2D eigenvalue weighted by molar-refractivity contribution is -0.230. The van der Waals surface area contributed by atoms with E-state index < -0.39 is 30.5 Å². The molecule has 5 atom stereocenters. The van der Waals surface area contributed by atoms with E-state index >= 15 is 0 Å². The number of ether oxygens (including phenoxy) is 1. The predicted molar refractivity (Wildman–Crippen MR) is 67.1 cm³/mol. The van der Waals surface area contributed by atoms with Gasteiger partial charge >= 0.3 is 0 Å². The fourth-order valence-electron chi connectivity index (χ4n) is 2.37. The topological polar surface area (TPSA) is 90.2 Å². The third-order valence-electron chi connectivity index (χ3n) is 3.58. The molecule has 4 N–H and O–H groups in total. The normalized spacial score (nSPS) is 36.8. The van der Waals surface area contributed by atoms with Gasteiger partial charge in [-0.1, -0.05) is 39.0 Å². The Morgan fingerprint density at radius 1 is 0.833 bits per heavy atom. The minimum Gasteiger partial charge on any atom is -0.394 e. The standard InChI is InChI=1S/C13H26O5/c1-2-3-4-5-6-7-9-11(15)13(17)12(16)10(8-14)18-9/h9-17H,2-8H2,1H3/t9-,10-,11-,12-,13-/m1/s1. The van der Waals surface area contributed by atoms with Crippen LogP contribution in [0.5, 0.6) is 0 Å². The van der Waals surface area contributed by atoms with Crippen molar-refractivity contribution in [3.05, 3.63) is 0 Å². The van der Waals surface area contributed by atoms with Crippen LogP contribution in [0.15, 0.2) is 0 Å². The lowest BCUT2D eigenvalue weighted by atomic mass is 9.92. The van der Waals surface area contributed by atoms with Gasteiger partial charge in [0.05, 0.1) is 12.7 Å². The zero-order valence-electron chi connectivity index (χ0n) is 11.0. The summed E-state index contributed by atoms with van der Waals surface area (Å²) in [4.78, 5) is 0. The summed E-state index contributed by atoms with van der Waals surface area (Å²) in [7, 11) is 0. The molecule has 1 aliphatic rings. The van der Waals surface area contributed by atoms with Gasteiger partial charge in [0.2, 0.25) is 0 Å². The second kappa shape index (κ2) is 8.07. The second-order valence-corrected chi connectivity index (χ2v) is 5.07. The Morgan fingerprint density at radius 2 is 1.44 bits per heavy atom. The summed E-state index contributed by atoms with van der Waals surface area (Å²) in [5.41, 5.74) is 0. The molecule has 0 aromatic rings. The maximum absolute atomic E-state index is 9.81. The molecule has 0 spiro atoms. The monoisotopic (exact) mass is 262 g/mol. The molecule has 0 saturated carbocycles. The smallest absolute Gasteiger partial charge is 0.111 e. The molecule has 1 saturated heterocycles. The summed E-state index contributed by atoms with van der Waals surface area (Å²) >= 11 is 0. The largest absolute Gasteiger partial charge is 0.394 e. The summed E-state index contributed by atoms with van der Waals surface area (Å²) in [6.07, 6.45) is 1.34. The highest BCUT2D eigenvalue weighted by Gasteiger charge is 2.42. The van der Waals surface area contributed by atoms with E-state index in [-0.39, 0.29) is 6.61 Å². The Balaban J connectivity index is 2.35. The fraction of sp³-hybridized carbons (Fsp3) is 1.00. The summed E-state index contributed by atoms with van der Waals surface area (Å²) in [5, 5.41) is 38.1. The zero-order valence-corrected chi connectivity index (χ0v) is 11.0. The molecule has 1 rings (SSSR count). The number of aliphatic hydroxyl groups is 4. The molecule has 0 aromatic carbocycles. The molecule has 0 radical (unpaired) electrons. The van der Waals surface area contributed by atoms with Crippen molar-refractivity contribution < 1.29 is 25.2 Å². The van der Waals surface area contributed by atoms with Gasteiger partial charge in [-0.15, -0.1) is 0 Å². The van der Waals surface area contributed by atoms with Crippen LogP contribution in [0.4, 0.5) is 0 Å². The molecular weight excluding hydrogens is 236 g/mol. The van der Waals surface area contributed by atoms with Crippen molar-refractivity contribution >= 4 is 0 Å². The van der Waals surface area contributed by atoms with Crippen molar-refractivity contribution in [3.8, 4) is 0 Å². The van der Waals surface area contributed by atoms with E-state index in [1.807, 2.05) is 0 Å². The molecule has 1 aliphatic heterocycles. The molecule has 5 heteroatoms. The molecular formula is C13H26O5. The van der Waals surface area contributed by atoms with Gasteiger partial charge < -0.3 is 25.2 Å². The minimum absolute atomic E-state index is 0.350. The first-order valence-electron chi connectivity index (χ1n) is 6.92. The van der Waals surface area contributed by atoms with Crippen molar-refractivity contribution in [2.75, 3.05) is 6.61 Å². The Kier molecular flexibility index (Phi) is 7.11. The van der Waals surface area contributed by atoms with E-state index in [1.54, 1.807) is 0 Å². The van der Waals surface area contributed by atoms with Gasteiger partial charge in [0, 0.05) is 0 Å². The third-order valence-corrected chi connectivity index (χ3v) is 3.58. The number of hydrogen-bond acceptors (Lipinski definition) is 5. The fourth-order valence-corrected chi connectivity index (χ4v) is 2.37. The highest BCUT2D eigenvalue weighted by atomic mass is 16.5. The maximum Gasteiger partial charge on any atom is 0.111 e. The lowest BCUT2D eigenvalue weighted by Gasteiger charge is -2.40. The van der Waals surface area contributed by atoms with Gasteiger partial charge in [0.15, 0.2) is 0 Å². The van der Waals surface area contributed by atoms with Crippen LogP contribution < -0.4 is 0 Å². The van der Waals surface area contributed by atoms with Crippen LogP contribution >= 0.6 is 0 Å². The predicted octanol–water partition coefficient (Wildman–Crippen LogP) is 0.189. The van der Waals surface area contributed by atoms with Gasteiger partial charge in [-0.05, 0) is 6.42 Å². The van der Waals surface area contributed by atoms with E-state index in [0.29, 0.717) is 6.42 Å². The molecule has 108 valence electrons.